The van der Waals surface area contributed by atoms with Crippen LogP contribution < -0.4 is 5.73 Å². The predicted molar refractivity (Wildman–Crippen MR) is 45.5 cm³/mol. The number of hydrogen-bond acceptors (Lipinski definition) is 1. The zero-order valence-corrected chi connectivity index (χ0v) is 7.52. The fourth-order valence-corrected chi connectivity index (χ4v) is 2.06. The second-order valence-corrected chi connectivity index (χ2v) is 3.98. The topological polar surface area (TPSA) is 26.0 Å². The molecule has 1 rings (SSSR count). The van der Waals surface area contributed by atoms with Crippen LogP contribution in [0.1, 0.15) is 19.8 Å². The fraction of sp³-hybridized carbons (Fsp3) is 1.00. The Morgan fingerprint density at radius 2 is 2.18 bits per heavy atom. The molecule has 0 aromatic heterocycles. The van der Waals surface area contributed by atoms with E-state index in [1.54, 1.807) is 0 Å². The second kappa shape index (κ2) is 3.72. The summed E-state index contributed by atoms with van der Waals surface area (Å²) in [7, 11) is 0. The third-order valence-electron chi connectivity index (χ3n) is 2.59. The van der Waals surface area contributed by atoms with Crippen molar-refractivity contribution in [3.8, 4) is 0 Å². The van der Waals surface area contributed by atoms with Crippen molar-refractivity contribution in [1.82, 2.24) is 0 Å². The van der Waals surface area contributed by atoms with Gasteiger partial charge in [-0.1, -0.05) is 6.92 Å². The van der Waals surface area contributed by atoms with Crippen molar-refractivity contribution in [3.05, 3.63) is 0 Å². The van der Waals surface area contributed by atoms with Crippen molar-refractivity contribution in [2.45, 2.75) is 31.3 Å². The molecule has 0 spiro atoms. The molecule has 1 fully saturated rings. The molecule has 0 heterocycles. The van der Waals surface area contributed by atoms with Gasteiger partial charge < -0.3 is 5.73 Å². The van der Waals surface area contributed by atoms with Crippen LogP contribution in [0.2, 0.25) is 0 Å². The molecule has 3 heteroatoms. The number of hydrogen-bond donors (Lipinski definition) is 1. The molecule has 66 valence electrons. The normalized spacial score (nSPS) is 45.8. The Bertz CT molecular complexity index is 131. The third-order valence-corrected chi connectivity index (χ3v) is 3.13. The number of halogens is 2. The van der Waals surface area contributed by atoms with Crippen LogP contribution in [0.5, 0.6) is 0 Å². The van der Waals surface area contributed by atoms with Crippen LogP contribution >= 0.6 is 11.6 Å². The third kappa shape index (κ3) is 1.85. The maximum atomic E-state index is 13.3. The van der Waals surface area contributed by atoms with Crippen molar-refractivity contribution in [1.29, 1.82) is 0 Å². The van der Waals surface area contributed by atoms with Gasteiger partial charge in [0.05, 0.1) is 0 Å². The molecule has 0 radical (unpaired) electrons. The minimum absolute atomic E-state index is 0.0498. The van der Waals surface area contributed by atoms with Gasteiger partial charge in [0.15, 0.2) is 0 Å². The summed E-state index contributed by atoms with van der Waals surface area (Å²) in [6.07, 6.45) is 1.01. The molecular formula is C8H15ClFN. The molecule has 1 nitrogen and oxygen atoms in total. The average molecular weight is 180 g/mol. The molecule has 0 aromatic carbocycles. The van der Waals surface area contributed by atoms with Gasteiger partial charge in [0.25, 0.3) is 0 Å². The minimum Gasteiger partial charge on any atom is -0.330 e. The van der Waals surface area contributed by atoms with Crippen molar-refractivity contribution < 1.29 is 4.39 Å². The molecule has 0 aliphatic heterocycles. The minimum atomic E-state index is -0.795. The SMILES string of the molecule is CC1CCC(Cl)C(CN)C1F. The lowest BCUT2D eigenvalue weighted by Gasteiger charge is -2.33. The molecule has 2 N–H and O–H groups in total. The number of nitrogens with two attached hydrogens (primary N) is 1. The van der Waals surface area contributed by atoms with Gasteiger partial charge in [0, 0.05) is 11.3 Å². The van der Waals surface area contributed by atoms with Crippen LogP contribution in [-0.2, 0) is 0 Å². The van der Waals surface area contributed by atoms with E-state index in [1.807, 2.05) is 6.92 Å². The molecule has 4 atom stereocenters. The maximum absolute atomic E-state index is 13.3. The van der Waals surface area contributed by atoms with Crippen molar-refractivity contribution >= 4 is 11.6 Å². The summed E-state index contributed by atoms with van der Waals surface area (Å²) in [5.74, 6) is 0.0129. The van der Waals surface area contributed by atoms with E-state index < -0.39 is 6.17 Å². The molecular weight excluding hydrogens is 165 g/mol. The van der Waals surface area contributed by atoms with Crippen LogP contribution in [0, 0.1) is 11.8 Å². The van der Waals surface area contributed by atoms with Crippen LogP contribution in [0.15, 0.2) is 0 Å². The fourth-order valence-electron chi connectivity index (χ4n) is 1.69. The van der Waals surface area contributed by atoms with Crippen LogP contribution in [0.25, 0.3) is 0 Å². The molecule has 0 bridgehead atoms. The molecule has 4 unspecified atom stereocenters. The first kappa shape index (κ1) is 9.27. The zero-order valence-electron chi connectivity index (χ0n) is 6.76. The van der Waals surface area contributed by atoms with E-state index in [1.165, 1.54) is 0 Å². The van der Waals surface area contributed by atoms with E-state index >= 15 is 0 Å². The van der Waals surface area contributed by atoms with Crippen LogP contribution in [0.4, 0.5) is 4.39 Å². The molecule has 0 amide bonds. The highest BCUT2D eigenvalue weighted by Crippen LogP contribution is 2.34. The van der Waals surface area contributed by atoms with E-state index in [0.29, 0.717) is 6.54 Å². The largest absolute Gasteiger partial charge is 0.330 e. The van der Waals surface area contributed by atoms with Crippen molar-refractivity contribution in [2.75, 3.05) is 6.54 Å². The molecule has 1 aliphatic rings. The lowest BCUT2D eigenvalue weighted by molar-refractivity contribution is 0.117. The average Bonchev–Trinajstić information content (AvgIpc) is 1.99. The Morgan fingerprint density at radius 1 is 1.55 bits per heavy atom. The Morgan fingerprint density at radius 3 is 2.64 bits per heavy atom. The van der Waals surface area contributed by atoms with Crippen LogP contribution in [-0.4, -0.2) is 18.1 Å². The predicted octanol–water partition coefficient (Wildman–Crippen LogP) is 1.94. The van der Waals surface area contributed by atoms with Gasteiger partial charge in [-0.15, -0.1) is 11.6 Å². The summed E-state index contributed by atoms with van der Waals surface area (Å²) in [6.45, 7) is 2.30. The second-order valence-electron chi connectivity index (χ2n) is 3.41. The quantitative estimate of drug-likeness (QED) is 0.612. The monoisotopic (exact) mass is 179 g/mol. The highest BCUT2D eigenvalue weighted by molar-refractivity contribution is 6.20. The van der Waals surface area contributed by atoms with Crippen molar-refractivity contribution in [3.63, 3.8) is 0 Å². The van der Waals surface area contributed by atoms with E-state index in [9.17, 15) is 4.39 Å². The molecule has 0 saturated heterocycles. The van der Waals surface area contributed by atoms with Gasteiger partial charge in [-0.25, -0.2) is 4.39 Å². The Hall–Kier alpha value is 0.180. The first-order chi connectivity index (χ1) is 5.16. The molecule has 11 heavy (non-hydrogen) atoms. The standard InChI is InChI=1S/C8H15ClFN/c1-5-2-3-7(9)6(4-11)8(5)10/h5-8H,2-4,11H2,1H3. The number of alkyl halides is 2. The molecule has 1 saturated carbocycles. The van der Waals surface area contributed by atoms with E-state index in [4.69, 9.17) is 17.3 Å². The first-order valence-electron chi connectivity index (χ1n) is 4.15. The number of rotatable bonds is 1. The first-order valence-corrected chi connectivity index (χ1v) is 4.58. The summed E-state index contributed by atoms with van der Waals surface area (Å²) in [5.41, 5.74) is 5.42. The van der Waals surface area contributed by atoms with E-state index in [2.05, 4.69) is 0 Å². The van der Waals surface area contributed by atoms with Gasteiger partial charge in [0.2, 0.25) is 0 Å². The Kier molecular flexibility index (Phi) is 3.14. The summed E-state index contributed by atoms with van der Waals surface area (Å²) in [6, 6.07) is 0. The summed E-state index contributed by atoms with van der Waals surface area (Å²) in [4.78, 5) is 0. The Balaban J connectivity index is 2.55. The summed E-state index contributed by atoms with van der Waals surface area (Å²) >= 11 is 5.92. The Labute approximate surface area is 72.1 Å². The lowest BCUT2D eigenvalue weighted by atomic mass is 9.80. The molecule has 0 aromatic rings. The summed E-state index contributed by atoms with van der Waals surface area (Å²) in [5, 5.41) is -0.0498. The maximum Gasteiger partial charge on any atom is 0.108 e. The van der Waals surface area contributed by atoms with Gasteiger partial charge in [-0.2, -0.15) is 0 Å². The highest BCUT2D eigenvalue weighted by Gasteiger charge is 2.35. The summed E-state index contributed by atoms with van der Waals surface area (Å²) < 4.78 is 13.3. The smallest absolute Gasteiger partial charge is 0.108 e. The van der Waals surface area contributed by atoms with E-state index in [0.717, 1.165) is 12.8 Å². The lowest BCUT2D eigenvalue weighted by Crippen LogP contribution is -2.40. The van der Waals surface area contributed by atoms with Gasteiger partial charge >= 0.3 is 0 Å². The van der Waals surface area contributed by atoms with Crippen LogP contribution in [0.3, 0.4) is 0 Å². The molecule has 1 aliphatic carbocycles. The van der Waals surface area contributed by atoms with Gasteiger partial charge in [-0.05, 0) is 25.3 Å². The van der Waals surface area contributed by atoms with E-state index in [-0.39, 0.29) is 17.2 Å². The van der Waals surface area contributed by atoms with Gasteiger partial charge in [-0.3, -0.25) is 0 Å². The zero-order chi connectivity index (χ0) is 8.43. The highest BCUT2D eigenvalue weighted by atomic mass is 35.5. The van der Waals surface area contributed by atoms with Crippen molar-refractivity contribution in [2.24, 2.45) is 17.6 Å². The van der Waals surface area contributed by atoms with Gasteiger partial charge in [0.1, 0.15) is 6.17 Å².